The monoisotopic (exact) mass is 1170 g/mol. The third-order valence-electron chi connectivity index (χ3n) is 13.8. The molecule has 456 valence electrons. The van der Waals surface area contributed by atoms with Crippen molar-refractivity contribution in [3.05, 3.63) is 42.0 Å². The van der Waals surface area contributed by atoms with Crippen LogP contribution in [0.4, 0.5) is 0 Å². The summed E-state index contributed by atoms with van der Waals surface area (Å²) in [4.78, 5) is 52.2. The second kappa shape index (κ2) is 31.5. The molecule has 4 aliphatic rings. The van der Waals surface area contributed by atoms with Gasteiger partial charge in [-0.3, -0.25) is 23.7 Å². The van der Waals surface area contributed by atoms with Crippen molar-refractivity contribution in [2.24, 2.45) is 0 Å². The summed E-state index contributed by atoms with van der Waals surface area (Å²) in [6.07, 6.45) is -17.9. The molecule has 20 atom stereocenters. The Hall–Kier alpha value is -4.13. The maximum absolute atomic E-state index is 13.6. The molecule has 4 heterocycles. The largest absolute Gasteiger partial charge is 0.494 e. The number of nitrogens with one attached hydrogen (secondary N) is 3. The van der Waals surface area contributed by atoms with Crippen LogP contribution in [0.1, 0.15) is 85.1 Å². The van der Waals surface area contributed by atoms with Crippen LogP contribution in [-0.2, 0) is 73.5 Å². The average Bonchev–Trinajstić information content (AvgIpc) is 3.57. The molecule has 0 bridgehead atoms. The molecule has 0 aromatic heterocycles. The highest BCUT2D eigenvalue weighted by Crippen LogP contribution is 2.36. The van der Waals surface area contributed by atoms with Gasteiger partial charge in [0.2, 0.25) is 23.6 Å². The van der Waals surface area contributed by atoms with Crippen molar-refractivity contribution >= 4 is 34.0 Å². The van der Waals surface area contributed by atoms with Crippen LogP contribution in [0.5, 0.6) is 5.75 Å². The first-order chi connectivity index (χ1) is 37.9. The SMILES string of the molecule is CCCCCCC=CCCCOc1cccc(CN(C(C)=O)[C@H]2[C@H](O[C@H]3[C@H](O)[C@@H](NC(C)=O)[C@H](O[C@H]4[C@H](O)[C@@H](NC(C)=O)[C@H](O[C@H]5[C@H](O)[C@@H](NC(C)=O)C(O)O[C@@H]5COS(=O)(=O)O)O[C@@H]4CO)O[C@@H]3CO)O[C@H](CO)[C@@H](O)[C@@H]2O)c1. The fraction of sp³-hybridized carbons (Fsp3) is 0.760. The minimum atomic E-state index is -5.17. The molecule has 4 amide bonds. The van der Waals surface area contributed by atoms with Crippen LogP contribution in [0.15, 0.2) is 36.4 Å². The number of unbranched alkanes of at least 4 members (excludes halogenated alkanes) is 5. The van der Waals surface area contributed by atoms with Crippen molar-refractivity contribution in [1.82, 2.24) is 20.9 Å². The lowest BCUT2D eigenvalue weighted by Crippen LogP contribution is -2.71. The Morgan fingerprint density at radius 2 is 1.12 bits per heavy atom. The molecule has 5 rings (SSSR count). The molecular weight excluding hydrogens is 1090 g/mol. The van der Waals surface area contributed by atoms with E-state index in [1.165, 1.54) is 26.2 Å². The van der Waals surface area contributed by atoms with Gasteiger partial charge in [-0.15, -0.1) is 0 Å². The van der Waals surface area contributed by atoms with Crippen LogP contribution < -0.4 is 20.7 Å². The Labute approximate surface area is 463 Å². The van der Waals surface area contributed by atoms with Crippen LogP contribution in [0, 0.1) is 0 Å². The fourth-order valence-electron chi connectivity index (χ4n) is 9.91. The number of ether oxygens (including phenoxy) is 8. The predicted octanol–water partition coefficient (Wildman–Crippen LogP) is -3.75. The van der Waals surface area contributed by atoms with E-state index >= 15 is 0 Å². The van der Waals surface area contributed by atoms with Gasteiger partial charge in [0.05, 0.1) is 33.0 Å². The van der Waals surface area contributed by atoms with E-state index in [1.54, 1.807) is 24.3 Å². The summed E-state index contributed by atoms with van der Waals surface area (Å²) in [6, 6.07) is 0.0924. The molecule has 0 aliphatic carbocycles. The van der Waals surface area contributed by atoms with Crippen LogP contribution in [0.25, 0.3) is 0 Å². The quantitative estimate of drug-likeness (QED) is 0.0218. The second-order valence-corrected chi connectivity index (χ2v) is 21.1. The van der Waals surface area contributed by atoms with Gasteiger partial charge in [0.1, 0.15) is 103 Å². The van der Waals surface area contributed by atoms with Crippen molar-refractivity contribution < 1.29 is 120 Å². The lowest BCUT2D eigenvalue weighted by Gasteiger charge is -2.51. The molecule has 4 saturated heterocycles. The van der Waals surface area contributed by atoms with Crippen LogP contribution in [-0.4, -0.2) is 243 Å². The van der Waals surface area contributed by atoms with Gasteiger partial charge in [-0.25, -0.2) is 4.18 Å². The van der Waals surface area contributed by atoms with Crippen molar-refractivity contribution in [2.45, 2.75) is 209 Å². The van der Waals surface area contributed by atoms with Crippen LogP contribution in [0.2, 0.25) is 0 Å². The number of aliphatic hydroxyl groups is 9. The van der Waals surface area contributed by atoms with Gasteiger partial charge >= 0.3 is 10.4 Å². The summed E-state index contributed by atoms with van der Waals surface area (Å²) >= 11 is 0. The minimum absolute atomic E-state index is 0.214. The first kappa shape index (κ1) is 66.7. The Kier molecular flexibility index (Phi) is 26.3. The van der Waals surface area contributed by atoms with Gasteiger partial charge in [-0.2, -0.15) is 8.42 Å². The smallest absolute Gasteiger partial charge is 0.397 e. The van der Waals surface area contributed by atoms with Crippen molar-refractivity contribution in [3.63, 3.8) is 0 Å². The van der Waals surface area contributed by atoms with Gasteiger partial charge in [0.15, 0.2) is 25.2 Å². The third kappa shape index (κ3) is 18.4. The normalized spacial score (nSPS) is 34.8. The summed E-state index contributed by atoms with van der Waals surface area (Å²) in [7, 11) is -5.17. The molecule has 30 heteroatoms. The number of rotatable bonds is 28. The van der Waals surface area contributed by atoms with E-state index in [2.05, 4.69) is 39.2 Å². The van der Waals surface area contributed by atoms with E-state index in [9.17, 15) is 78.1 Å². The minimum Gasteiger partial charge on any atom is -0.494 e. The fourth-order valence-corrected chi connectivity index (χ4v) is 10.2. The van der Waals surface area contributed by atoms with Gasteiger partial charge in [-0.05, 0) is 43.4 Å². The van der Waals surface area contributed by atoms with E-state index in [0.29, 0.717) is 17.9 Å². The summed E-state index contributed by atoms with van der Waals surface area (Å²) in [5.74, 6) is -2.56. The number of nitrogens with zero attached hydrogens (tertiary/aromatic N) is 1. The Morgan fingerprint density at radius 1 is 0.625 bits per heavy atom. The molecule has 0 saturated carbocycles. The molecule has 0 spiro atoms. The van der Waals surface area contributed by atoms with Crippen LogP contribution in [0.3, 0.4) is 0 Å². The molecule has 1 aromatic rings. The zero-order chi connectivity index (χ0) is 59.0. The number of hydrogen-bond acceptors (Lipinski definition) is 24. The number of carbonyl (C=O) groups excluding carboxylic acids is 4. The molecular formula is C50H80N4O25S. The lowest BCUT2D eigenvalue weighted by molar-refractivity contribution is -0.364. The summed E-state index contributed by atoms with van der Waals surface area (Å²) in [6.45, 7) is 2.65. The highest BCUT2D eigenvalue weighted by atomic mass is 32.3. The number of amides is 4. The Morgan fingerprint density at radius 3 is 1.64 bits per heavy atom. The number of allylic oxidation sites excluding steroid dienone is 2. The molecule has 4 fully saturated rings. The van der Waals surface area contributed by atoms with Gasteiger partial charge in [-0.1, -0.05) is 50.5 Å². The van der Waals surface area contributed by atoms with E-state index in [4.69, 9.17) is 37.9 Å². The molecule has 29 nitrogen and oxygen atoms in total. The van der Waals surface area contributed by atoms with Gasteiger partial charge in [0, 0.05) is 34.2 Å². The number of carbonyl (C=O) groups is 4. The first-order valence-corrected chi connectivity index (χ1v) is 27.9. The van der Waals surface area contributed by atoms with E-state index in [1.807, 2.05) is 0 Å². The summed E-state index contributed by atoms with van der Waals surface area (Å²) in [5, 5.41) is 108. The maximum atomic E-state index is 13.6. The van der Waals surface area contributed by atoms with Crippen molar-refractivity contribution in [2.75, 3.05) is 33.0 Å². The summed E-state index contributed by atoms with van der Waals surface area (Å²) in [5.41, 5.74) is 0.522. The van der Waals surface area contributed by atoms with Crippen molar-refractivity contribution in [1.29, 1.82) is 0 Å². The maximum Gasteiger partial charge on any atom is 0.397 e. The molecule has 80 heavy (non-hydrogen) atoms. The van der Waals surface area contributed by atoms with Crippen LogP contribution >= 0.6 is 0 Å². The highest BCUT2D eigenvalue weighted by molar-refractivity contribution is 7.80. The molecule has 4 aliphatic heterocycles. The lowest BCUT2D eigenvalue weighted by atomic mass is 9.92. The highest BCUT2D eigenvalue weighted by Gasteiger charge is 2.57. The molecule has 1 unspecified atom stereocenters. The average molecular weight is 1170 g/mol. The number of hydrogen-bond donors (Lipinski definition) is 13. The van der Waals surface area contributed by atoms with E-state index in [0.717, 1.165) is 51.4 Å². The standard InChI is InChI=1S/C50H80N4O25S/c1-6-7-8-9-10-11-12-13-14-18-71-30-17-15-16-29(19-30)20-54(28(5)61)38-43(66)39(62)31(21-55)74-50(38)79-45-33(23-57)76-48(37(42(45)65)53-27(4)60)77-44-32(22-56)75-49(36(41(44)64)52-26(3)59)78-46-34(24-72-80(68,69)70)73-47(67)35(40(46)63)51-25(2)58/h11-12,15-17,19,31-50,55-57,62-67H,6-10,13-14,18,20-24H2,1-5H3,(H,51,58)(H,52,59)(H,53,60)(H,68,69,70)/t31-,32-,33-,34-,35-,36-,37-,38-,39-,40-,41-,42-,43-,44-,45-,46-,47?,48+,49+,50+/m1/s1. The molecule has 1 aromatic carbocycles. The second-order valence-electron chi connectivity index (χ2n) is 20.0. The predicted molar refractivity (Wildman–Crippen MR) is 272 cm³/mol. The number of benzene rings is 1. The first-order valence-electron chi connectivity index (χ1n) is 26.5. The van der Waals surface area contributed by atoms with Crippen molar-refractivity contribution in [3.8, 4) is 5.75 Å². The molecule has 13 N–H and O–H groups in total. The van der Waals surface area contributed by atoms with E-state index < -0.39 is 183 Å². The zero-order valence-electron chi connectivity index (χ0n) is 45.2. The van der Waals surface area contributed by atoms with Gasteiger partial charge < -0.3 is 105 Å². The number of aliphatic hydroxyl groups excluding tert-OH is 9. The third-order valence-corrected chi connectivity index (χ3v) is 14.2. The molecule has 0 radical (unpaired) electrons. The van der Waals surface area contributed by atoms with Gasteiger partial charge in [0.25, 0.3) is 0 Å². The Bertz CT molecular complexity index is 2270. The van der Waals surface area contributed by atoms with E-state index in [-0.39, 0.29) is 6.54 Å². The zero-order valence-corrected chi connectivity index (χ0v) is 46.0. The Balaban J connectivity index is 1.38. The summed E-state index contributed by atoms with van der Waals surface area (Å²) < 4.78 is 84.6. The topological polar surface area (TPSA) is 427 Å².